The Labute approximate surface area is 158 Å². The number of nitrogens with zero attached hydrogens (tertiary/aromatic N) is 2. The van der Waals surface area contributed by atoms with Crippen LogP contribution in [0, 0.1) is 0 Å². The van der Waals surface area contributed by atoms with E-state index in [0.717, 1.165) is 22.4 Å². The Balaban J connectivity index is 1.32. The number of thioether (sulfide) groups is 1. The van der Waals surface area contributed by atoms with Gasteiger partial charge in [0.25, 0.3) is 0 Å². The molecule has 0 aromatic carbocycles. The van der Waals surface area contributed by atoms with Crippen LogP contribution in [0.4, 0.5) is 5.13 Å². The molecule has 0 radical (unpaired) electrons. The van der Waals surface area contributed by atoms with Crippen LogP contribution in [-0.2, 0) is 4.79 Å². The summed E-state index contributed by atoms with van der Waals surface area (Å²) in [5.74, 6) is 0.496. The maximum Gasteiger partial charge on any atom is 0.230 e. The summed E-state index contributed by atoms with van der Waals surface area (Å²) in [5.41, 5.74) is 1.50. The summed E-state index contributed by atoms with van der Waals surface area (Å²) in [6, 6.07) is 0.539. The lowest BCUT2D eigenvalue weighted by Gasteiger charge is -2.21. The van der Waals surface area contributed by atoms with Gasteiger partial charge in [0.1, 0.15) is 0 Å². The van der Waals surface area contributed by atoms with Gasteiger partial charge in [-0.15, -0.1) is 10.2 Å². The fourth-order valence-electron chi connectivity index (χ4n) is 3.42. The van der Waals surface area contributed by atoms with E-state index in [9.17, 15) is 4.79 Å². The zero-order valence-corrected chi connectivity index (χ0v) is 16.4. The molecule has 25 heavy (non-hydrogen) atoms. The van der Waals surface area contributed by atoms with Crippen molar-refractivity contribution in [3.05, 3.63) is 11.6 Å². The number of allylic oxidation sites excluding steroid dienone is 1. The number of carbonyl (C=O) groups excluding carboxylic acids is 1. The van der Waals surface area contributed by atoms with E-state index in [1.807, 2.05) is 0 Å². The van der Waals surface area contributed by atoms with Crippen molar-refractivity contribution in [2.24, 2.45) is 0 Å². The third-order valence-electron chi connectivity index (χ3n) is 4.82. The van der Waals surface area contributed by atoms with E-state index in [4.69, 9.17) is 0 Å². The van der Waals surface area contributed by atoms with Crippen molar-refractivity contribution >= 4 is 34.1 Å². The highest BCUT2D eigenvalue weighted by Crippen LogP contribution is 2.28. The number of rotatable bonds is 8. The normalized spacial score (nSPS) is 18.6. The van der Waals surface area contributed by atoms with Crippen molar-refractivity contribution in [2.45, 2.75) is 74.6 Å². The van der Waals surface area contributed by atoms with Crippen molar-refractivity contribution in [3.8, 4) is 0 Å². The summed E-state index contributed by atoms with van der Waals surface area (Å²) in [4.78, 5) is 12.0. The van der Waals surface area contributed by atoms with Gasteiger partial charge < -0.3 is 10.6 Å². The fraction of sp³-hybridized carbons (Fsp3) is 0.722. The SMILES string of the molecule is O=C(CSc1nnc(NC2CCCCC2)s1)NCCC1=CCCCC1. The highest BCUT2D eigenvalue weighted by molar-refractivity contribution is 8.01. The first-order chi connectivity index (χ1) is 12.3. The van der Waals surface area contributed by atoms with Crippen molar-refractivity contribution < 1.29 is 4.79 Å². The smallest absolute Gasteiger partial charge is 0.230 e. The van der Waals surface area contributed by atoms with Crippen LogP contribution >= 0.6 is 23.1 Å². The molecule has 0 spiro atoms. The number of carbonyl (C=O) groups is 1. The molecular formula is C18H28N4OS2. The fourth-order valence-corrected chi connectivity index (χ4v) is 5.08. The molecule has 1 aromatic heterocycles. The third-order valence-corrected chi connectivity index (χ3v) is 6.81. The van der Waals surface area contributed by atoms with Crippen LogP contribution in [0.2, 0.25) is 0 Å². The summed E-state index contributed by atoms with van der Waals surface area (Å²) in [7, 11) is 0. The Morgan fingerprint density at radius 2 is 2.08 bits per heavy atom. The van der Waals surface area contributed by atoms with Crippen molar-refractivity contribution in [3.63, 3.8) is 0 Å². The molecule has 5 nitrogen and oxygen atoms in total. The van der Waals surface area contributed by atoms with Crippen LogP contribution in [0.3, 0.4) is 0 Å². The Hall–Kier alpha value is -1.08. The van der Waals surface area contributed by atoms with Crippen LogP contribution in [0.25, 0.3) is 0 Å². The monoisotopic (exact) mass is 380 g/mol. The first kappa shape index (κ1) is 18.7. The quantitative estimate of drug-likeness (QED) is 0.517. The number of anilines is 1. The lowest BCUT2D eigenvalue weighted by atomic mass is 9.96. The standard InChI is InChI=1S/C18H28N4OS2/c23-16(19-12-11-14-7-3-1-4-8-14)13-24-18-22-21-17(25-18)20-15-9-5-2-6-10-15/h7,15H,1-6,8-13H2,(H,19,23)(H,20,21). The first-order valence-electron chi connectivity index (χ1n) is 9.47. The van der Waals surface area contributed by atoms with Crippen LogP contribution < -0.4 is 10.6 Å². The molecule has 1 aromatic rings. The van der Waals surface area contributed by atoms with E-state index < -0.39 is 0 Å². The molecule has 3 rings (SSSR count). The predicted octanol–water partition coefficient (Wildman–Crippen LogP) is 4.38. The second-order valence-corrected chi connectivity index (χ2v) is 9.05. The Morgan fingerprint density at radius 1 is 1.20 bits per heavy atom. The summed E-state index contributed by atoms with van der Waals surface area (Å²) in [6.45, 7) is 0.746. The summed E-state index contributed by atoms with van der Waals surface area (Å²) in [6.07, 6.45) is 14.7. The molecule has 1 amide bonds. The van der Waals surface area contributed by atoms with Gasteiger partial charge in [0, 0.05) is 12.6 Å². The van der Waals surface area contributed by atoms with Gasteiger partial charge in [0.05, 0.1) is 5.75 Å². The second-order valence-electron chi connectivity index (χ2n) is 6.85. The zero-order valence-electron chi connectivity index (χ0n) is 14.8. The minimum absolute atomic E-state index is 0.0819. The molecule has 0 bridgehead atoms. The van der Waals surface area contributed by atoms with Crippen molar-refractivity contribution in [1.29, 1.82) is 0 Å². The van der Waals surface area contributed by atoms with Crippen LogP contribution in [0.15, 0.2) is 16.0 Å². The Bertz CT molecular complexity index is 581. The lowest BCUT2D eigenvalue weighted by Crippen LogP contribution is -2.26. The van der Waals surface area contributed by atoms with Gasteiger partial charge in [0.2, 0.25) is 11.0 Å². The third kappa shape index (κ3) is 6.62. The summed E-state index contributed by atoms with van der Waals surface area (Å²) < 4.78 is 0.864. The molecule has 1 heterocycles. The van der Waals surface area contributed by atoms with E-state index in [0.29, 0.717) is 11.8 Å². The van der Waals surface area contributed by atoms with E-state index >= 15 is 0 Å². The molecule has 138 valence electrons. The number of hydrogen-bond acceptors (Lipinski definition) is 6. The van der Waals surface area contributed by atoms with Crippen LogP contribution in [0.5, 0.6) is 0 Å². The minimum Gasteiger partial charge on any atom is -0.357 e. The molecule has 0 unspecified atom stereocenters. The molecule has 7 heteroatoms. The minimum atomic E-state index is 0.0819. The summed E-state index contributed by atoms with van der Waals surface area (Å²) in [5, 5.41) is 15.8. The van der Waals surface area contributed by atoms with Gasteiger partial charge in [-0.1, -0.05) is 54.0 Å². The molecular weight excluding hydrogens is 352 g/mol. The molecule has 2 N–H and O–H groups in total. The highest BCUT2D eigenvalue weighted by Gasteiger charge is 2.15. The summed E-state index contributed by atoms with van der Waals surface area (Å²) >= 11 is 3.03. The number of hydrogen-bond donors (Lipinski definition) is 2. The maximum atomic E-state index is 12.0. The molecule has 0 atom stereocenters. The van der Waals surface area contributed by atoms with Gasteiger partial charge in [-0.2, -0.15) is 0 Å². The largest absolute Gasteiger partial charge is 0.357 e. The molecule has 1 fully saturated rings. The van der Waals surface area contributed by atoms with Crippen LogP contribution in [-0.4, -0.2) is 34.4 Å². The average molecular weight is 381 g/mol. The van der Waals surface area contributed by atoms with Gasteiger partial charge in [-0.3, -0.25) is 4.79 Å². The van der Waals surface area contributed by atoms with Crippen molar-refractivity contribution in [2.75, 3.05) is 17.6 Å². The maximum absolute atomic E-state index is 12.0. The highest BCUT2D eigenvalue weighted by atomic mass is 32.2. The lowest BCUT2D eigenvalue weighted by molar-refractivity contribution is -0.118. The van der Waals surface area contributed by atoms with Gasteiger partial charge in [-0.25, -0.2) is 0 Å². The van der Waals surface area contributed by atoms with Crippen LogP contribution in [0.1, 0.15) is 64.2 Å². The molecule has 2 aliphatic rings. The van der Waals surface area contributed by atoms with Gasteiger partial charge in [0.15, 0.2) is 4.34 Å². The number of nitrogens with one attached hydrogen (secondary N) is 2. The average Bonchev–Trinajstić information content (AvgIpc) is 3.09. The molecule has 0 aliphatic heterocycles. The van der Waals surface area contributed by atoms with E-state index in [2.05, 4.69) is 26.9 Å². The Morgan fingerprint density at radius 3 is 2.88 bits per heavy atom. The van der Waals surface area contributed by atoms with E-state index in [1.54, 1.807) is 11.3 Å². The molecule has 2 aliphatic carbocycles. The topological polar surface area (TPSA) is 66.9 Å². The molecule has 1 saturated carbocycles. The molecule has 0 saturated heterocycles. The number of aromatic nitrogens is 2. The first-order valence-corrected chi connectivity index (χ1v) is 11.3. The second kappa shape index (κ2) is 10.2. The van der Waals surface area contributed by atoms with Gasteiger partial charge >= 0.3 is 0 Å². The zero-order chi connectivity index (χ0) is 17.3. The van der Waals surface area contributed by atoms with Gasteiger partial charge in [-0.05, 0) is 44.9 Å². The number of amides is 1. The Kier molecular flexibility index (Phi) is 7.60. The van der Waals surface area contributed by atoms with Crippen molar-refractivity contribution in [1.82, 2.24) is 15.5 Å². The predicted molar refractivity (Wildman–Crippen MR) is 105 cm³/mol. The van der Waals surface area contributed by atoms with E-state index in [1.165, 1.54) is 75.1 Å². The van der Waals surface area contributed by atoms with E-state index in [-0.39, 0.29) is 5.91 Å².